The van der Waals surface area contributed by atoms with Gasteiger partial charge >= 0.3 is 5.97 Å². The molecule has 4 nitrogen and oxygen atoms in total. The van der Waals surface area contributed by atoms with Gasteiger partial charge in [0.25, 0.3) is 0 Å². The molecule has 116 valence electrons. The minimum Gasteiger partial charge on any atom is -0.490 e. The summed E-state index contributed by atoms with van der Waals surface area (Å²) in [5.41, 5.74) is 1.39. The fourth-order valence-corrected chi connectivity index (χ4v) is 3.05. The second-order valence-electron chi connectivity index (χ2n) is 6.44. The van der Waals surface area contributed by atoms with Crippen molar-refractivity contribution in [1.82, 2.24) is 5.32 Å². The van der Waals surface area contributed by atoms with Crippen molar-refractivity contribution in [1.29, 1.82) is 0 Å². The van der Waals surface area contributed by atoms with Gasteiger partial charge < -0.3 is 9.84 Å². The third kappa shape index (κ3) is 3.56. The number of ether oxygens (including phenoxy) is 1. The fourth-order valence-electron chi connectivity index (χ4n) is 3.05. The first-order valence-electron chi connectivity index (χ1n) is 7.57. The molecule has 2 atom stereocenters. The maximum Gasteiger partial charge on any atom is 0.324 e. The quantitative estimate of drug-likeness (QED) is 0.875. The maximum absolute atomic E-state index is 11.7. The lowest BCUT2D eigenvalue weighted by Gasteiger charge is -2.28. The number of carboxylic acid groups (broad SMARTS) is 1. The molecule has 1 fully saturated rings. The average molecular weight is 291 g/mol. The van der Waals surface area contributed by atoms with E-state index in [1.165, 1.54) is 0 Å². The summed E-state index contributed by atoms with van der Waals surface area (Å²) < 4.78 is 6.07. The lowest BCUT2D eigenvalue weighted by molar-refractivity contribution is -0.145. The summed E-state index contributed by atoms with van der Waals surface area (Å²) in [6.07, 6.45) is 1.83. The number of rotatable bonds is 5. The van der Waals surface area contributed by atoms with Crippen LogP contribution in [-0.4, -0.2) is 28.8 Å². The van der Waals surface area contributed by atoms with Crippen molar-refractivity contribution in [2.24, 2.45) is 0 Å². The second kappa shape index (κ2) is 6.06. The Kier molecular flexibility index (Phi) is 4.57. The molecular formula is C17H25NO3. The van der Waals surface area contributed by atoms with Crippen LogP contribution in [0.25, 0.3) is 0 Å². The minimum atomic E-state index is -0.851. The monoisotopic (exact) mass is 291 g/mol. The molecule has 2 rings (SSSR count). The topological polar surface area (TPSA) is 58.6 Å². The van der Waals surface area contributed by atoms with Crippen LogP contribution in [0.4, 0.5) is 0 Å². The van der Waals surface area contributed by atoms with E-state index in [2.05, 4.69) is 11.4 Å². The highest BCUT2D eigenvalue weighted by Crippen LogP contribution is 2.34. The maximum atomic E-state index is 11.7. The number of benzene rings is 1. The van der Waals surface area contributed by atoms with Crippen LogP contribution in [0.15, 0.2) is 18.2 Å². The number of carboxylic acids is 1. The van der Waals surface area contributed by atoms with Crippen LogP contribution < -0.4 is 10.1 Å². The van der Waals surface area contributed by atoms with Crippen molar-refractivity contribution in [3.05, 3.63) is 29.3 Å². The van der Waals surface area contributed by atoms with Crippen LogP contribution in [0.5, 0.6) is 5.75 Å². The van der Waals surface area contributed by atoms with Gasteiger partial charge in [-0.05, 0) is 57.7 Å². The Morgan fingerprint density at radius 1 is 1.43 bits per heavy atom. The van der Waals surface area contributed by atoms with E-state index < -0.39 is 11.5 Å². The molecule has 1 aliphatic rings. The van der Waals surface area contributed by atoms with Gasteiger partial charge in [0.1, 0.15) is 17.4 Å². The number of aryl methyl sites for hydroxylation is 2. The van der Waals surface area contributed by atoms with Gasteiger partial charge in [-0.25, -0.2) is 0 Å². The van der Waals surface area contributed by atoms with Gasteiger partial charge in [-0.2, -0.15) is 0 Å². The highest BCUT2D eigenvalue weighted by molar-refractivity contribution is 5.79. The van der Waals surface area contributed by atoms with Gasteiger partial charge in [-0.15, -0.1) is 0 Å². The Morgan fingerprint density at radius 3 is 2.76 bits per heavy atom. The number of carbonyl (C=O) groups is 1. The molecule has 2 unspecified atom stereocenters. The van der Waals surface area contributed by atoms with Gasteiger partial charge in [-0.1, -0.05) is 12.1 Å². The average Bonchev–Trinajstić information content (AvgIpc) is 2.77. The lowest BCUT2D eigenvalue weighted by Crippen LogP contribution is -2.53. The second-order valence-corrected chi connectivity index (χ2v) is 6.44. The van der Waals surface area contributed by atoms with E-state index in [9.17, 15) is 9.90 Å². The lowest BCUT2D eigenvalue weighted by atomic mass is 9.96. The summed E-state index contributed by atoms with van der Waals surface area (Å²) in [4.78, 5) is 11.7. The predicted octanol–water partition coefficient (Wildman–Crippen LogP) is 3.06. The first kappa shape index (κ1) is 15.8. The summed E-state index contributed by atoms with van der Waals surface area (Å²) in [6.45, 7) is 8.00. The molecule has 4 heteroatoms. The van der Waals surface area contributed by atoms with E-state index in [0.717, 1.165) is 23.3 Å². The summed E-state index contributed by atoms with van der Waals surface area (Å²) in [5.74, 6) is 0.0917. The van der Waals surface area contributed by atoms with Gasteiger partial charge in [0, 0.05) is 12.5 Å². The minimum absolute atomic E-state index is 0.0483. The molecule has 2 N–H and O–H groups in total. The number of hydrogen-bond donors (Lipinski definition) is 2. The number of hydrogen-bond acceptors (Lipinski definition) is 3. The van der Waals surface area contributed by atoms with Crippen LogP contribution in [0, 0.1) is 13.8 Å². The van der Waals surface area contributed by atoms with E-state index in [-0.39, 0.29) is 12.1 Å². The van der Waals surface area contributed by atoms with Crippen molar-refractivity contribution in [2.45, 2.75) is 64.6 Å². The molecule has 21 heavy (non-hydrogen) atoms. The molecule has 1 aliphatic carbocycles. The molecule has 0 radical (unpaired) electrons. The van der Waals surface area contributed by atoms with Crippen molar-refractivity contribution < 1.29 is 14.6 Å². The highest BCUT2D eigenvalue weighted by Gasteiger charge is 2.46. The van der Waals surface area contributed by atoms with Crippen molar-refractivity contribution in [3.63, 3.8) is 0 Å². The predicted molar refractivity (Wildman–Crippen MR) is 82.8 cm³/mol. The Labute approximate surface area is 126 Å². The van der Waals surface area contributed by atoms with Crippen LogP contribution in [0.2, 0.25) is 0 Å². The van der Waals surface area contributed by atoms with Crippen molar-refractivity contribution in [2.75, 3.05) is 0 Å². The summed E-state index contributed by atoms with van der Waals surface area (Å²) in [7, 11) is 0. The third-order valence-electron chi connectivity index (χ3n) is 4.08. The summed E-state index contributed by atoms with van der Waals surface area (Å²) in [6, 6.07) is 6.25. The van der Waals surface area contributed by atoms with Crippen LogP contribution in [0.1, 0.15) is 44.2 Å². The Morgan fingerprint density at radius 2 is 2.14 bits per heavy atom. The molecule has 1 aromatic rings. The Balaban J connectivity index is 2.10. The van der Waals surface area contributed by atoms with E-state index in [4.69, 9.17) is 4.74 Å². The van der Waals surface area contributed by atoms with Crippen LogP contribution in [-0.2, 0) is 4.79 Å². The zero-order valence-electron chi connectivity index (χ0n) is 13.3. The van der Waals surface area contributed by atoms with Gasteiger partial charge in [0.2, 0.25) is 0 Å². The number of aliphatic carboxylic acids is 1. The molecule has 0 amide bonds. The zero-order valence-corrected chi connectivity index (χ0v) is 13.3. The smallest absolute Gasteiger partial charge is 0.324 e. The SMILES string of the molecule is Cc1ccc(C)c(OC2CCC(NC(C)C)(C(=O)O)C2)c1. The fraction of sp³-hybridized carbons (Fsp3) is 0.588. The normalized spacial score (nSPS) is 25.3. The first-order chi connectivity index (χ1) is 9.82. The summed E-state index contributed by atoms with van der Waals surface area (Å²) in [5, 5.41) is 12.8. The van der Waals surface area contributed by atoms with E-state index in [1.54, 1.807) is 0 Å². The largest absolute Gasteiger partial charge is 0.490 e. The Hall–Kier alpha value is -1.55. The molecule has 1 aromatic carbocycles. The van der Waals surface area contributed by atoms with Crippen molar-refractivity contribution in [3.8, 4) is 5.75 Å². The van der Waals surface area contributed by atoms with Gasteiger partial charge in [0.05, 0.1) is 0 Å². The van der Waals surface area contributed by atoms with Gasteiger partial charge in [-0.3, -0.25) is 10.1 Å². The molecule has 0 saturated heterocycles. The van der Waals surface area contributed by atoms with E-state index >= 15 is 0 Å². The highest BCUT2D eigenvalue weighted by atomic mass is 16.5. The van der Waals surface area contributed by atoms with Gasteiger partial charge in [0.15, 0.2) is 0 Å². The Bertz CT molecular complexity index is 527. The zero-order chi connectivity index (χ0) is 15.6. The number of nitrogens with one attached hydrogen (secondary N) is 1. The van der Waals surface area contributed by atoms with Crippen LogP contribution >= 0.6 is 0 Å². The molecule has 0 aromatic heterocycles. The first-order valence-corrected chi connectivity index (χ1v) is 7.57. The standard InChI is InChI=1S/C17H25NO3/c1-11(2)18-17(16(19)20)8-7-14(10-17)21-15-9-12(3)5-6-13(15)4/h5-6,9,11,14,18H,7-8,10H2,1-4H3,(H,19,20). The van der Waals surface area contributed by atoms with Crippen molar-refractivity contribution >= 4 is 5.97 Å². The van der Waals surface area contributed by atoms with Crippen LogP contribution in [0.3, 0.4) is 0 Å². The molecule has 1 saturated carbocycles. The molecule has 0 spiro atoms. The molecule has 0 bridgehead atoms. The van der Waals surface area contributed by atoms with E-state index in [1.807, 2.05) is 39.8 Å². The molecule has 0 heterocycles. The molecule has 0 aliphatic heterocycles. The summed E-state index contributed by atoms with van der Waals surface area (Å²) >= 11 is 0. The third-order valence-corrected chi connectivity index (χ3v) is 4.08. The molecular weight excluding hydrogens is 266 g/mol. The van der Waals surface area contributed by atoms with E-state index in [0.29, 0.717) is 12.8 Å².